The SMILES string of the molecule is NS(=O)(=O)c1cccc(CNC(=O)Cc2c(F)cccc2Cl)c1. The van der Waals surface area contributed by atoms with Crippen LogP contribution in [0.1, 0.15) is 11.1 Å². The standard InChI is InChI=1S/C15H14ClFN2O3S/c16-13-5-2-6-14(17)12(13)8-15(20)19-9-10-3-1-4-11(7-10)23(18,21)22/h1-7H,8-9H2,(H,19,20)(H2,18,21,22). The van der Waals surface area contributed by atoms with Crippen molar-refractivity contribution in [2.75, 3.05) is 0 Å². The van der Waals surface area contributed by atoms with Gasteiger partial charge in [0.25, 0.3) is 0 Å². The van der Waals surface area contributed by atoms with E-state index in [-0.39, 0.29) is 28.4 Å². The summed E-state index contributed by atoms with van der Waals surface area (Å²) in [5, 5.41) is 7.80. The molecular formula is C15H14ClFN2O3S. The van der Waals surface area contributed by atoms with Crippen molar-refractivity contribution < 1.29 is 17.6 Å². The fourth-order valence-electron chi connectivity index (χ4n) is 1.96. The van der Waals surface area contributed by atoms with Gasteiger partial charge in [0.1, 0.15) is 5.82 Å². The smallest absolute Gasteiger partial charge is 0.238 e. The molecule has 0 saturated heterocycles. The van der Waals surface area contributed by atoms with E-state index in [9.17, 15) is 17.6 Å². The number of halogens is 2. The summed E-state index contributed by atoms with van der Waals surface area (Å²) in [7, 11) is -3.80. The molecule has 23 heavy (non-hydrogen) atoms. The number of hydrogen-bond acceptors (Lipinski definition) is 3. The lowest BCUT2D eigenvalue weighted by Crippen LogP contribution is -2.25. The molecule has 0 aliphatic carbocycles. The first-order chi connectivity index (χ1) is 10.8. The molecule has 0 aliphatic heterocycles. The van der Waals surface area contributed by atoms with Crippen LogP contribution in [0.5, 0.6) is 0 Å². The zero-order valence-electron chi connectivity index (χ0n) is 11.9. The Balaban J connectivity index is 2.03. The van der Waals surface area contributed by atoms with E-state index < -0.39 is 21.7 Å². The molecule has 2 rings (SSSR count). The van der Waals surface area contributed by atoms with E-state index >= 15 is 0 Å². The lowest BCUT2D eigenvalue weighted by Gasteiger charge is -2.08. The summed E-state index contributed by atoms with van der Waals surface area (Å²) < 4.78 is 36.2. The van der Waals surface area contributed by atoms with Crippen molar-refractivity contribution >= 4 is 27.5 Å². The molecule has 0 saturated carbocycles. The van der Waals surface area contributed by atoms with Crippen LogP contribution in [0.3, 0.4) is 0 Å². The summed E-state index contributed by atoms with van der Waals surface area (Å²) in [6, 6.07) is 10.1. The van der Waals surface area contributed by atoms with Crippen LogP contribution in [-0.2, 0) is 27.8 Å². The third-order valence-electron chi connectivity index (χ3n) is 3.12. The van der Waals surface area contributed by atoms with Gasteiger partial charge in [-0.05, 0) is 29.8 Å². The Morgan fingerprint density at radius 1 is 1.22 bits per heavy atom. The molecule has 0 fully saturated rings. The normalized spacial score (nSPS) is 11.3. The van der Waals surface area contributed by atoms with Gasteiger partial charge in [-0.2, -0.15) is 0 Å². The highest BCUT2D eigenvalue weighted by molar-refractivity contribution is 7.89. The van der Waals surface area contributed by atoms with Crippen LogP contribution in [0.4, 0.5) is 4.39 Å². The van der Waals surface area contributed by atoms with Gasteiger partial charge < -0.3 is 5.32 Å². The number of carbonyl (C=O) groups is 1. The number of benzene rings is 2. The summed E-state index contributed by atoms with van der Waals surface area (Å²) in [6.45, 7) is 0.0915. The van der Waals surface area contributed by atoms with Crippen molar-refractivity contribution in [1.82, 2.24) is 5.32 Å². The maximum Gasteiger partial charge on any atom is 0.238 e. The van der Waals surface area contributed by atoms with Gasteiger partial charge in [0.05, 0.1) is 11.3 Å². The minimum absolute atomic E-state index is 0.0404. The van der Waals surface area contributed by atoms with Crippen LogP contribution in [0, 0.1) is 5.82 Å². The number of primary sulfonamides is 1. The van der Waals surface area contributed by atoms with Crippen molar-refractivity contribution in [3.8, 4) is 0 Å². The zero-order valence-corrected chi connectivity index (χ0v) is 13.5. The third kappa shape index (κ3) is 4.75. The van der Waals surface area contributed by atoms with Gasteiger partial charge in [0.2, 0.25) is 15.9 Å². The van der Waals surface area contributed by atoms with Crippen molar-refractivity contribution in [1.29, 1.82) is 0 Å². The Hall–Kier alpha value is -1.96. The van der Waals surface area contributed by atoms with E-state index in [0.717, 1.165) is 0 Å². The van der Waals surface area contributed by atoms with Gasteiger partial charge in [-0.15, -0.1) is 0 Å². The third-order valence-corrected chi connectivity index (χ3v) is 4.38. The highest BCUT2D eigenvalue weighted by Crippen LogP contribution is 2.19. The molecule has 0 unspecified atom stereocenters. The van der Waals surface area contributed by atoms with Crippen LogP contribution in [0.25, 0.3) is 0 Å². The molecule has 2 aromatic carbocycles. The molecule has 0 heterocycles. The molecular weight excluding hydrogens is 343 g/mol. The number of nitrogens with two attached hydrogens (primary N) is 1. The van der Waals surface area contributed by atoms with Gasteiger partial charge in [0, 0.05) is 17.1 Å². The van der Waals surface area contributed by atoms with E-state index in [1.54, 1.807) is 6.07 Å². The van der Waals surface area contributed by atoms with Crippen molar-refractivity contribution in [2.45, 2.75) is 17.9 Å². The molecule has 0 atom stereocenters. The number of carbonyl (C=O) groups excluding carboxylic acids is 1. The number of sulfonamides is 1. The average molecular weight is 357 g/mol. The highest BCUT2D eigenvalue weighted by atomic mass is 35.5. The first-order valence-electron chi connectivity index (χ1n) is 6.58. The van der Waals surface area contributed by atoms with Crippen LogP contribution >= 0.6 is 11.6 Å². The molecule has 5 nitrogen and oxygen atoms in total. The van der Waals surface area contributed by atoms with Gasteiger partial charge in [-0.3, -0.25) is 4.79 Å². The Morgan fingerprint density at radius 2 is 1.91 bits per heavy atom. The second kappa shape index (κ2) is 7.08. The largest absolute Gasteiger partial charge is 0.352 e. The number of amides is 1. The van der Waals surface area contributed by atoms with Crippen molar-refractivity contribution in [2.24, 2.45) is 5.14 Å². The molecule has 0 bridgehead atoms. The van der Waals surface area contributed by atoms with E-state index in [1.807, 2.05) is 0 Å². The molecule has 0 spiro atoms. The quantitative estimate of drug-likeness (QED) is 0.858. The maximum atomic E-state index is 13.6. The molecule has 2 aromatic rings. The van der Waals surface area contributed by atoms with Gasteiger partial charge in [0.15, 0.2) is 0 Å². The van der Waals surface area contributed by atoms with Gasteiger partial charge >= 0.3 is 0 Å². The summed E-state index contributed by atoms with van der Waals surface area (Å²) in [4.78, 5) is 11.9. The monoisotopic (exact) mass is 356 g/mol. The van der Waals surface area contributed by atoms with Crippen molar-refractivity contribution in [3.05, 3.63) is 64.4 Å². The summed E-state index contributed by atoms with van der Waals surface area (Å²) in [6.07, 6.45) is -0.208. The number of hydrogen-bond donors (Lipinski definition) is 2. The van der Waals surface area contributed by atoms with E-state index in [4.69, 9.17) is 16.7 Å². The highest BCUT2D eigenvalue weighted by Gasteiger charge is 2.12. The first-order valence-corrected chi connectivity index (χ1v) is 8.51. The fourth-order valence-corrected chi connectivity index (χ4v) is 2.77. The van der Waals surface area contributed by atoms with Gasteiger partial charge in [-0.1, -0.05) is 29.8 Å². The second-order valence-electron chi connectivity index (χ2n) is 4.85. The van der Waals surface area contributed by atoms with E-state index in [2.05, 4.69) is 5.32 Å². The lowest BCUT2D eigenvalue weighted by atomic mass is 10.1. The van der Waals surface area contributed by atoms with Crippen LogP contribution in [-0.4, -0.2) is 14.3 Å². The summed E-state index contributed by atoms with van der Waals surface area (Å²) in [5.41, 5.74) is 0.675. The topological polar surface area (TPSA) is 89.3 Å². The Kier molecular flexibility index (Phi) is 5.35. The molecule has 8 heteroatoms. The number of nitrogens with one attached hydrogen (secondary N) is 1. The van der Waals surface area contributed by atoms with Gasteiger partial charge in [-0.25, -0.2) is 17.9 Å². The maximum absolute atomic E-state index is 13.6. The molecule has 122 valence electrons. The van der Waals surface area contributed by atoms with Crippen LogP contribution < -0.4 is 10.5 Å². The Morgan fingerprint density at radius 3 is 2.57 bits per heavy atom. The minimum Gasteiger partial charge on any atom is -0.352 e. The zero-order chi connectivity index (χ0) is 17.0. The average Bonchev–Trinajstić information content (AvgIpc) is 2.48. The Bertz CT molecular complexity index is 820. The fraction of sp³-hybridized carbons (Fsp3) is 0.133. The molecule has 0 aliphatic rings. The van der Waals surface area contributed by atoms with E-state index in [1.165, 1.54) is 36.4 Å². The molecule has 0 radical (unpaired) electrons. The van der Waals surface area contributed by atoms with Crippen LogP contribution in [0.15, 0.2) is 47.4 Å². The van der Waals surface area contributed by atoms with Crippen molar-refractivity contribution in [3.63, 3.8) is 0 Å². The molecule has 1 amide bonds. The predicted molar refractivity (Wildman–Crippen MR) is 84.8 cm³/mol. The lowest BCUT2D eigenvalue weighted by molar-refractivity contribution is -0.120. The molecule has 3 N–H and O–H groups in total. The Labute approximate surface area is 138 Å². The predicted octanol–water partition coefficient (Wildman–Crippen LogP) is 1.99. The van der Waals surface area contributed by atoms with E-state index in [0.29, 0.717) is 5.56 Å². The van der Waals surface area contributed by atoms with Crippen LogP contribution in [0.2, 0.25) is 5.02 Å². The summed E-state index contributed by atoms with van der Waals surface area (Å²) in [5.74, 6) is -0.984. The minimum atomic E-state index is -3.80. The number of rotatable bonds is 5. The second-order valence-corrected chi connectivity index (χ2v) is 6.81. The molecule has 0 aromatic heterocycles. The first kappa shape index (κ1) is 17.4. The summed E-state index contributed by atoms with van der Waals surface area (Å²) >= 11 is 5.86.